The number of hydrogen-bond donors (Lipinski definition) is 5. The third-order valence-corrected chi connectivity index (χ3v) is 18.2. The van der Waals surface area contributed by atoms with Crippen LogP contribution in [-0.4, -0.2) is 162 Å². The number of anilines is 2. The summed E-state index contributed by atoms with van der Waals surface area (Å²) in [6, 6.07) is 20.2. The summed E-state index contributed by atoms with van der Waals surface area (Å²) in [6.45, 7) is 19.7. The van der Waals surface area contributed by atoms with Gasteiger partial charge in [-0.15, -0.1) is 11.3 Å². The summed E-state index contributed by atoms with van der Waals surface area (Å²) in [5.74, 6) is -2.72. The highest BCUT2D eigenvalue weighted by Crippen LogP contribution is 2.36. The van der Waals surface area contributed by atoms with Gasteiger partial charge in [-0.25, -0.2) is 4.98 Å². The van der Waals surface area contributed by atoms with Crippen molar-refractivity contribution >= 4 is 58.2 Å². The van der Waals surface area contributed by atoms with Crippen molar-refractivity contribution in [2.45, 2.75) is 143 Å². The van der Waals surface area contributed by atoms with Crippen molar-refractivity contribution in [1.82, 2.24) is 45.5 Å². The van der Waals surface area contributed by atoms with Gasteiger partial charge in [0.25, 0.3) is 5.91 Å². The van der Waals surface area contributed by atoms with Crippen molar-refractivity contribution in [1.29, 1.82) is 0 Å². The number of H-pyrrole nitrogens is 1. The van der Waals surface area contributed by atoms with E-state index in [0.717, 1.165) is 129 Å². The molecule has 23 heteroatoms. The Hall–Kier alpha value is -7.47. The Morgan fingerprint density at radius 1 is 0.758 bits per heavy atom. The highest BCUT2D eigenvalue weighted by Gasteiger charge is 2.46. The molecule has 91 heavy (non-hydrogen) atoms. The first kappa shape index (κ1) is 69.4. The molecule has 0 bridgehead atoms. The number of hydrogen-bond acceptors (Lipinski definition) is 14. The van der Waals surface area contributed by atoms with Gasteiger partial charge in [0.1, 0.15) is 18.2 Å². The summed E-state index contributed by atoms with van der Waals surface area (Å²) >= 11 is 1.57. The Labute approximate surface area is 536 Å². The Kier molecular flexibility index (Phi) is 24.6. The maximum absolute atomic E-state index is 14.5. The molecule has 0 radical (unpaired) electrons. The maximum atomic E-state index is 14.5. The summed E-state index contributed by atoms with van der Waals surface area (Å²) in [6.07, 6.45) is 2.21. The molecule has 3 aromatic carbocycles. The van der Waals surface area contributed by atoms with Gasteiger partial charge >= 0.3 is 12.1 Å². The van der Waals surface area contributed by atoms with E-state index in [1.165, 1.54) is 4.90 Å². The number of aromatic amines is 1. The number of likely N-dealkylation sites (tertiary alicyclic amines) is 1. The number of carbonyl (C=O) groups excluding carboxylic acids is 6. The van der Waals surface area contributed by atoms with Crippen LogP contribution in [0.2, 0.25) is 0 Å². The van der Waals surface area contributed by atoms with Crippen molar-refractivity contribution in [3.63, 3.8) is 0 Å². The number of nitrogens with one attached hydrogen (secondary N) is 5. The van der Waals surface area contributed by atoms with Gasteiger partial charge < -0.3 is 45.7 Å². The average molecular weight is 1280 g/mol. The van der Waals surface area contributed by atoms with Gasteiger partial charge in [0, 0.05) is 110 Å². The van der Waals surface area contributed by atoms with Crippen LogP contribution in [0.4, 0.5) is 24.5 Å². The zero-order chi connectivity index (χ0) is 65.4. The molecule has 0 spiro atoms. The molecule has 3 fully saturated rings. The lowest BCUT2D eigenvalue weighted by atomic mass is 9.85. The number of amides is 5. The van der Waals surface area contributed by atoms with E-state index in [0.29, 0.717) is 56.5 Å². The summed E-state index contributed by atoms with van der Waals surface area (Å²) in [4.78, 5) is 111. The number of benzene rings is 3. The number of aryl methyl sites for hydroxylation is 1. The first-order chi connectivity index (χ1) is 43.4. The average Bonchev–Trinajstić information content (AvgIpc) is 1.83. The second-order valence-corrected chi connectivity index (χ2v) is 26.6. The van der Waals surface area contributed by atoms with Gasteiger partial charge in [-0.05, 0) is 78.2 Å². The van der Waals surface area contributed by atoms with Gasteiger partial charge in [0.15, 0.2) is 0 Å². The number of aromatic nitrogens is 2. The molecule has 492 valence electrons. The molecular weight excluding hydrogens is 1190 g/mol. The zero-order valence-electron chi connectivity index (χ0n) is 53.6. The van der Waals surface area contributed by atoms with Gasteiger partial charge in [-0.1, -0.05) is 115 Å². The van der Waals surface area contributed by atoms with Crippen LogP contribution in [0.1, 0.15) is 132 Å². The fourth-order valence-electron chi connectivity index (χ4n) is 11.8. The van der Waals surface area contributed by atoms with Crippen LogP contribution >= 0.6 is 11.3 Å². The number of esters is 1. The predicted molar refractivity (Wildman–Crippen MR) is 348 cm³/mol. The van der Waals surface area contributed by atoms with Crippen LogP contribution in [0.3, 0.4) is 0 Å². The highest BCUT2D eigenvalue weighted by molar-refractivity contribution is 7.13. The molecule has 8 rings (SSSR count). The molecule has 3 atom stereocenters. The van der Waals surface area contributed by atoms with E-state index in [1.54, 1.807) is 31.3 Å². The van der Waals surface area contributed by atoms with Crippen molar-refractivity contribution in [2.75, 3.05) is 89.3 Å². The number of unbranched alkanes of at least 4 members (excludes halogenated alkanes) is 6. The number of piperazine rings is 2. The lowest BCUT2D eigenvalue weighted by Crippen LogP contribution is -2.57. The molecule has 3 saturated heterocycles. The molecular formula is C68H90F3N11O8S. The largest absolute Gasteiger partial charge is 0.460 e. The SMILES string of the molecule is Cc1ncsc1-c1ccc(CNC(=O)[C@@H]2C[C@@H](OC(=O)C(C)C)CN2C(=O)C(NC(=O)CCCCCCCCCC(=O)NCCN2CCN(Cc3cccc(-c4ccc(N5CCN(C)CC5)c(NC(=O)c5c[nH]c(=O)cc5C(F)(F)F)c4)c3)CC2)C(C)(C)C)cc1. The summed E-state index contributed by atoms with van der Waals surface area (Å²) in [7, 11) is 2.02. The van der Waals surface area contributed by atoms with Crippen LogP contribution in [0.15, 0.2) is 89.3 Å². The Bertz CT molecular complexity index is 3350. The topological polar surface area (TPSA) is 222 Å². The van der Waals surface area contributed by atoms with Crippen LogP contribution in [0.25, 0.3) is 21.6 Å². The lowest BCUT2D eigenvalue weighted by molar-refractivity contribution is -0.153. The second-order valence-electron chi connectivity index (χ2n) is 25.7. The minimum absolute atomic E-state index is 0.0385. The van der Waals surface area contributed by atoms with E-state index in [2.05, 4.69) is 63.0 Å². The molecule has 0 saturated carbocycles. The molecule has 1 unspecified atom stereocenters. The van der Waals surface area contributed by atoms with Crippen LogP contribution in [-0.2, 0) is 48.0 Å². The monoisotopic (exact) mass is 1280 g/mol. The third-order valence-electron chi connectivity index (χ3n) is 17.2. The van der Waals surface area contributed by atoms with Crippen molar-refractivity contribution in [3.8, 4) is 21.6 Å². The number of alkyl halides is 3. The molecule has 5 N–H and O–H groups in total. The van der Waals surface area contributed by atoms with E-state index in [4.69, 9.17) is 4.74 Å². The van der Waals surface area contributed by atoms with Crippen molar-refractivity contribution in [2.24, 2.45) is 11.3 Å². The number of rotatable bonds is 27. The highest BCUT2D eigenvalue weighted by atomic mass is 32.1. The lowest BCUT2D eigenvalue weighted by Gasteiger charge is -2.35. The number of nitrogens with zero attached hydrogens (tertiary/aromatic N) is 6. The summed E-state index contributed by atoms with van der Waals surface area (Å²) in [5.41, 5.74) is 4.91. The number of carbonyl (C=O) groups is 6. The molecule has 3 aliphatic rings. The summed E-state index contributed by atoms with van der Waals surface area (Å²) in [5, 5.41) is 11.8. The van der Waals surface area contributed by atoms with E-state index < -0.39 is 64.2 Å². The quantitative estimate of drug-likeness (QED) is 0.0245. The number of pyridine rings is 1. The van der Waals surface area contributed by atoms with Gasteiger partial charge in [0.05, 0.1) is 51.0 Å². The molecule has 2 aromatic heterocycles. The number of likely N-dealkylation sites (N-methyl/N-ethyl adjacent to an activating group) is 1. The minimum atomic E-state index is -4.91. The first-order valence-electron chi connectivity index (χ1n) is 32.0. The van der Waals surface area contributed by atoms with E-state index in [9.17, 15) is 46.7 Å². The number of thiazole rings is 1. The third kappa shape index (κ3) is 20.0. The number of halogens is 3. The zero-order valence-corrected chi connectivity index (χ0v) is 54.5. The van der Waals surface area contributed by atoms with Gasteiger partial charge in [0.2, 0.25) is 29.2 Å². The standard InChI is InChI=1S/C68H90F3N11O8S/c1-45(2)66(89)90-52-38-57(64(87)74-40-47-20-22-49(23-21-47)61-46(3)75-44-91-61)82(43-52)65(88)62(67(4,5)6)77-59(84)19-14-12-10-8-9-11-13-18-58(83)72-26-27-79-30-32-80(33-31-79)42-48-16-15-17-50(36-48)51-24-25-56(81-34-28-78(7)29-35-81)55(37-51)76-63(86)53-41-73-60(85)39-54(53)68(69,70)71/h15-17,20-25,36-37,39,41,44-45,52,57,62H,8-14,18-19,26-35,38,40,42-43H2,1-7H3,(H,72,83)(H,73,85)(H,74,87)(H,76,86)(H,77,84)/t52-,57+,62?/m1/s1. The van der Waals surface area contributed by atoms with Crippen molar-refractivity contribution < 1.29 is 46.7 Å². The minimum Gasteiger partial charge on any atom is -0.460 e. The Morgan fingerprint density at radius 3 is 2.05 bits per heavy atom. The Morgan fingerprint density at radius 2 is 1.41 bits per heavy atom. The van der Waals surface area contributed by atoms with Gasteiger partial charge in [-0.2, -0.15) is 13.2 Å². The first-order valence-corrected chi connectivity index (χ1v) is 32.8. The normalized spacial score (nSPS) is 17.2. The van der Waals surface area contributed by atoms with Gasteiger partial charge in [-0.3, -0.25) is 43.4 Å². The fraction of sp³-hybridized carbons (Fsp3) is 0.529. The molecule has 5 heterocycles. The second kappa shape index (κ2) is 32.2. The molecule has 3 aliphatic heterocycles. The van der Waals surface area contributed by atoms with Crippen LogP contribution in [0.5, 0.6) is 0 Å². The molecule has 0 aliphatic carbocycles. The van der Waals surface area contributed by atoms with Crippen molar-refractivity contribution in [3.05, 3.63) is 123 Å². The summed E-state index contributed by atoms with van der Waals surface area (Å²) < 4.78 is 47.7. The fourth-order valence-corrected chi connectivity index (χ4v) is 12.6. The van der Waals surface area contributed by atoms with E-state index in [-0.39, 0.29) is 49.6 Å². The Balaban J connectivity index is 0.708. The van der Waals surface area contributed by atoms with Crippen LogP contribution in [0, 0.1) is 18.3 Å². The molecule has 5 amide bonds. The van der Waals surface area contributed by atoms with E-state index >= 15 is 0 Å². The predicted octanol–water partition coefficient (Wildman–Crippen LogP) is 9.26. The van der Waals surface area contributed by atoms with Crippen LogP contribution < -0.4 is 31.7 Å². The maximum Gasteiger partial charge on any atom is 0.417 e. The smallest absolute Gasteiger partial charge is 0.417 e. The number of ether oxygens (including phenoxy) is 1. The molecule has 19 nitrogen and oxygen atoms in total. The van der Waals surface area contributed by atoms with E-state index in [1.807, 2.05) is 88.8 Å². The molecule has 5 aromatic rings.